The molecule has 0 saturated heterocycles. The SMILES string of the molecule is CCCCC(CO)Nc1nc(-c2cc(-c3ccon3)n(Cc3ccccc3F)n2)ncc1F. The van der Waals surface area contributed by atoms with Crippen LogP contribution in [0.25, 0.3) is 22.9 Å². The van der Waals surface area contributed by atoms with Crippen LogP contribution in [0.3, 0.4) is 0 Å². The van der Waals surface area contributed by atoms with E-state index in [1.54, 1.807) is 35.0 Å². The van der Waals surface area contributed by atoms with E-state index in [2.05, 4.69) is 25.5 Å². The first-order valence-electron chi connectivity index (χ1n) is 10.7. The van der Waals surface area contributed by atoms with Crippen molar-refractivity contribution in [2.24, 2.45) is 0 Å². The quantitative estimate of drug-likeness (QED) is 0.369. The van der Waals surface area contributed by atoms with Gasteiger partial charge >= 0.3 is 0 Å². The van der Waals surface area contributed by atoms with E-state index in [4.69, 9.17) is 4.52 Å². The number of nitrogens with zero attached hydrogens (tertiary/aromatic N) is 5. The molecule has 1 aromatic carbocycles. The van der Waals surface area contributed by atoms with Crippen LogP contribution < -0.4 is 5.32 Å². The molecule has 4 aromatic rings. The molecule has 10 heteroatoms. The summed E-state index contributed by atoms with van der Waals surface area (Å²) >= 11 is 0. The maximum absolute atomic E-state index is 14.4. The van der Waals surface area contributed by atoms with Crippen LogP contribution in [0.2, 0.25) is 0 Å². The number of hydrogen-bond donors (Lipinski definition) is 2. The minimum atomic E-state index is -0.629. The van der Waals surface area contributed by atoms with Gasteiger partial charge < -0.3 is 14.9 Å². The number of halogens is 2. The Labute approximate surface area is 189 Å². The third-order valence-corrected chi connectivity index (χ3v) is 5.20. The zero-order valence-corrected chi connectivity index (χ0v) is 18.1. The van der Waals surface area contributed by atoms with Crippen LogP contribution in [-0.4, -0.2) is 42.7 Å². The van der Waals surface area contributed by atoms with E-state index in [0.717, 1.165) is 19.0 Å². The fourth-order valence-corrected chi connectivity index (χ4v) is 3.43. The van der Waals surface area contributed by atoms with Crippen molar-refractivity contribution in [1.29, 1.82) is 0 Å². The van der Waals surface area contributed by atoms with E-state index in [1.165, 1.54) is 12.3 Å². The van der Waals surface area contributed by atoms with Crippen molar-refractivity contribution in [2.45, 2.75) is 38.8 Å². The summed E-state index contributed by atoms with van der Waals surface area (Å²) in [5.41, 5.74) is 1.88. The summed E-state index contributed by atoms with van der Waals surface area (Å²) in [6.07, 6.45) is 5.01. The second-order valence-corrected chi connectivity index (χ2v) is 7.60. The normalized spacial score (nSPS) is 12.1. The second-order valence-electron chi connectivity index (χ2n) is 7.60. The van der Waals surface area contributed by atoms with Crippen LogP contribution in [-0.2, 0) is 6.54 Å². The molecule has 4 rings (SSSR count). The molecule has 1 unspecified atom stereocenters. The van der Waals surface area contributed by atoms with Gasteiger partial charge in [-0.05, 0) is 18.6 Å². The van der Waals surface area contributed by atoms with Gasteiger partial charge in [0.05, 0.1) is 31.1 Å². The Morgan fingerprint density at radius 1 is 1.15 bits per heavy atom. The third kappa shape index (κ3) is 5.23. The molecule has 0 aliphatic heterocycles. The smallest absolute Gasteiger partial charge is 0.183 e. The number of hydrogen-bond acceptors (Lipinski definition) is 7. The van der Waals surface area contributed by atoms with Gasteiger partial charge in [-0.1, -0.05) is 43.1 Å². The topological polar surface area (TPSA) is 102 Å². The van der Waals surface area contributed by atoms with E-state index in [1.807, 2.05) is 6.92 Å². The van der Waals surface area contributed by atoms with Gasteiger partial charge in [0.2, 0.25) is 0 Å². The van der Waals surface area contributed by atoms with E-state index in [0.29, 0.717) is 29.1 Å². The van der Waals surface area contributed by atoms with Gasteiger partial charge in [0.15, 0.2) is 17.5 Å². The van der Waals surface area contributed by atoms with Gasteiger partial charge in [0, 0.05) is 11.6 Å². The third-order valence-electron chi connectivity index (χ3n) is 5.20. The fraction of sp³-hybridized carbons (Fsp3) is 0.304. The molecular formula is C23H24F2N6O2. The first-order valence-corrected chi connectivity index (χ1v) is 10.7. The number of benzene rings is 1. The Morgan fingerprint density at radius 3 is 2.73 bits per heavy atom. The van der Waals surface area contributed by atoms with Crippen LogP contribution >= 0.6 is 0 Å². The Morgan fingerprint density at radius 2 is 2.00 bits per heavy atom. The molecule has 2 N–H and O–H groups in total. The number of rotatable bonds is 10. The minimum Gasteiger partial charge on any atom is -0.394 e. The highest BCUT2D eigenvalue weighted by Gasteiger charge is 2.19. The lowest BCUT2D eigenvalue weighted by atomic mass is 10.1. The molecule has 172 valence electrons. The van der Waals surface area contributed by atoms with E-state index >= 15 is 0 Å². The zero-order chi connectivity index (χ0) is 23.2. The lowest BCUT2D eigenvalue weighted by molar-refractivity contribution is 0.266. The number of aliphatic hydroxyl groups is 1. The van der Waals surface area contributed by atoms with E-state index < -0.39 is 5.82 Å². The minimum absolute atomic E-state index is 0.0122. The van der Waals surface area contributed by atoms with Crippen LogP contribution in [0.4, 0.5) is 14.6 Å². The second kappa shape index (κ2) is 10.3. The van der Waals surface area contributed by atoms with Crippen molar-refractivity contribution in [3.05, 3.63) is 66.1 Å². The number of aromatic nitrogens is 5. The van der Waals surface area contributed by atoms with Crippen molar-refractivity contribution in [1.82, 2.24) is 24.9 Å². The summed E-state index contributed by atoms with van der Waals surface area (Å²) in [6.45, 7) is 2.04. The summed E-state index contributed by atoms with van der Waals surface area (Å²) in [7, 11) is 0. The van der Waals surface area contributed by atoms with Gasteiger partial charge in [-0.25, -0.2) is 18.7 Å². The Hall–Kier alpha value is -3.66. The predicted molar refractivity (Wildman–Crippen MR) is 118 cm³/mol. The van der Waals surface area contributed by atoms with Crippen molar-refractivity contribution in [2.75, 3.05) is 11.9 Å². The lowest BCUT2D eigenvalue weighted by Gasteiger charge is -2.17. The van der Waals surface area contributed by atoms with Gasteiger partial charge in [0.1, 0.15) is 23.5 Å². The molecular weight excluding hydrogens is 430 g/mol. The molecule has 0 fully saturated rings. The maximum atomic E-state index is 14.4. The van der Waals surface area contributed by atoms with Crippen molar-refractivity contribution in [3.63, 3.8) is 0 Å². The van der Waals surface area contributed by atoms with Crippen molar-refractivity contribution < 1.29 is 18.4 Å². The Kier molecular flexibility index (Phi) is 7.04. The van der Waals surface area contributed by atoms with Gasteiger partial charge in [-0.2, -0.15) is 5.10 Å². The highest BCUT2D eigenvalue weighted by Crippen LogP contribution is 2.26. The fourth-order valence-electron chi connectivity index (χ4n) is 3.43. The van der Waals surface area contributed by atoms with E-state index in [9.17, 15) is 13.9 Å². The first-order chi connectivity index (χ1) is 16.1. The number of anilines is 1. The van der Waals surface area contributed by atoms with Crippen molar-refractivity contribution >= 4 is 5.82 Å². The molecule has 0 amide bonds. The molecule has 0 bridgehead atoms. The van der Waals surface area contributed by atoms with Crippen LogP contribution in [0, 0.1) is 11.6 Å². The van der Waals surface area contributed by atoms with Crippen molar-refractivity contribution in [3.8, 4) is 22.9 Å². The molecule has 0 spiro atoms. The standard InChI is InChI=1S/C23H24F2N6O2/c1-2-3-7-16(14-32)27-22-18(25)12-26-23(28-22)20-11-21(19-9-10-33-30-19)31(29-20)13-15-6-4-5-8-17(15)24/h4-6,8-12,16,32H,2-3,7,13-14H2,1H3,(H,26,27,28). The lowest BCUT2D eigenvalue weighted by Crippen LogP contribution is -2.25. The van der Waals surface area contributed by atoms with Gasteiger partial charge in [-0.15, -0.1) is 0 Å². The molecule has 1 atom stereocenters. The largest absolute Gasteiger partial charge is 0.394 e. The highest BCUT2D eigenvalue weighted by molar-refractivity contribution is 5.63. The van der Waals surface area contributed by atoms with Crippen LogP contribution in [0.15, 0.2) is 53.4 Å². The molecule has 0 radical (unpaired) electrons. The first kappa shape index (κ1) is 22.5. The maximum Gasteiger partial charge on any atom is 0.183 e. The monoisotopic (exact) mass is 454 g/mol. The van der Waals surface area contributed by atoms with Gasteiger partial charge in [-0.3, -0.25) is 4.68 Å². The summed E-state index contributed by atoms with van der Waals surface area (Å²) in [6, 6.07) is 9.44. The number of aliphatic hydroxyl groups excluding tert-OH is 1. The van der Waals surface area contributed by atoms with Crippen LogP contribution in [0.1, 0.15) is 31.7 Å². The molecule has 0 saturated carbocycles. The molecule has 33 heavy (non-hydrogen) atoms. The average molecular weight is 454 g/mol. The molecule has 0 aliphatic carbocycles. The van der Waals surface area contributed by atoms with Crippen LogP contribution in [0.5, 0.6) is 0 Å². The number of unbranched alkanes of at least 4 members (excludes halogenated alkanes) is 1. The number of nitrogens with one attached hydrogen (secondary N) is 1. The molecule has 0 aliphatic rings. The summed E-state index contributed by atoms with van der Waals surface area (Å²) in [5, 5.41) is 21.1. The molecule has 3 aromatic heterocycles. The summed E-state index contributed by atoms with van der Waals surface area (Å²) < 4.78 is 35.2. The molecule has 8 nitrogen and oxygen atoms in total. The zero-order valence-electron chi connectivity index (χ0n) is 18.1. The highest BCUT2D eigenvalue weighted by atomic mass is 19.1. The Bertz CT molecular complexity index is 1200. The van der Waals surface area contributed by atoms with Gasteiger partial charge in [0.25, 0.3) is 0 Å². The van der Waals surface area contributed by atoms with E-state index in [-0.39, 0.29) is 36.7 Å². The average Bonchev–Trinajstić information content (AvgIpc) is 3.49. The summed E-state index contributed by atoms with van der Waals surface area (Å²) in [4.78, 5) is 8.38. The Balaban J connectivity index is 1.68. The predicted octanol–water partition coefficient (Wildman–Crippen LogP) is 4.28. The molecule has 3 heterocycles. The summed E-state index contributed by atoms with van der Waals surface area (Å²) in [5.74, 6) is -0.812.